The number of nitrogens with zero attached hydrogens (tertiary/aromatic N) is 3. The third-order valence-corrected chi connectivity index (χ3v) is 5.53. The van der Waals surface area contributed by atoms with E-state index < -0.39 is 5.92 Å². The van der Waals surface area contributed by atoms with Gasteiger partial charge in [0.1, 0.15) is 28.9 Å². The maximum absolute atomic E-state index is 13.7. The highest BCUT2D eigenvalue weighted by molar-refractivity contribution is 5.59. The van der Waals surface area contributed by atoms with Gasteiger partial charge in [0.15, 0.2) is 0 Å². The van der Waals surface area contributed by atoms with E-state index in [0.717, 1.165) is 5.56 Å². The lowest BCUT2D eigenvalue weighted by Gasteiger charge is -2.28. The Hall–Kier alpha value is -4.25. The smallest absolute Gasteiger partial charge is 0.259 e. The predicted molar refractivity (Wildman–Crippen MR) is 118 cm³/mol. The molecule has 32 heavy (non-hydrogen) atoms. The van der Waals surface area contributed by atoms with Gasteiger partial charge in [0, 0.05) is 35.8 Å². The van der Waals surface area contributed by atoms with Crippen molar-refractivity contribution < 1.29 is 14.2 Å². The molecule has 0 fully saturated rings. The van der Waals surface area contributed by atoms with Crippen molar-refractivity contribution in [1.29, 1.82) is 5.26 Å². The van der Waals surface area contributed by atoms with Crippen molar-refractivity contribution in [1.82, 2.24) is 9.55 Å². The molecule has 3 aromatic rings. The fraction of sp³-hybridized carbons (Fsp3) is 0.208. The van der Waals surface area contributed by atoms with Gasteiger partial charge in [-0.15, -0.1) is 0 Å². The average Bonchev–Trinajstić information content (AvgIpc) is 2.81. The maximum Gasteiger partial charge on any atom is 0.259 e. The van der Waals surface area contributed by atoms with Crippen LogP contribution in [0.5, 0.6) is 17.2 Å². The number of ether oxygens (including phenoxy) is 3. The maximum atomic E-state index is 13.7. The lowest BCUT2D eigenvalue weighted by Crippen LogP contribution is -2.33. The summed E-state index contributed by atoms with van der Waals surface area (Å²) in [5.74, 6) is 0.614. The van der Waals surface area contributed by atoms with E-state index in [2.05, 4.69) is 11.1 Å². The van der Waals surface area contributed by atoms with Gasteiger partial charge in [-0.1, -0.05) is 6.07 Å². The minimum atomic E-state index is -0.749. The molecule has 0 amide bonds. The van der Waals surface area contributed by atoms with Gasteiger partial charge in [-0.2, -0.15) is 5.26 Å². The Morgan fingerprint density at radius 2 is 1.94 bits per heavy atom. The van der Waals surface area contributed by atoms with Gasteiger partial charge in [0.05, 0.1) is 32.2 Å². The van der Waals surface area contributed by atoms with Gasteiger partial charge < -0.3 is 24.5 Å². The van der Waals surface area contributed by atoms with E-state index in [9.17, 15) is 10.1 Å². The molecule has 4 rings (SSSR count). The number of benzene rings is 1. The third kappa shape index (κ3) is 3.54. The molecule has 0 saturated carbocycles. The number of fused-ring (bicyclic) bond motifs is 1. The van der Waals surface area contributed by atoms with Gasteiger partial charge in [-0.25, -0.2) is 0 Å². The van der Waals surface area contributed by atoms with Crippen LogP contribution in [-0.2, 0) is 6.54 Å². The normalized spacial score (nSPS) is 14.9. The van der Waals surface area contributed by atoms with Crippen LogP contribution in [0.25, 0.3) is 0 Å². The topological polar surface area (TPSA) is 112 Å². The van der Waals surface area contributed by atoms with Crippen molar-refractivity contribution >= 4 is 0 Å². The highest BCUT2D eigenvalue weighted by Gasteiger charge is 2.36. The monoisotopic (exact) mass is 430 g/mol. The summed E-state index contributed by atoms with van der Waals surface area (Å²) in [5, 5.41) is 9.88. The molecule has 2 N–H and O–H groups in total. The summed E-state index contributed by atoms with van der Waals surface area (Å²) in [7, 11) is 3.08. The second-order valence-electron chi connectivity index (χ2n) is 7.34. The number of allylic oxidation sites excluding steroid dienone is 1. The number of aromatic nitrogens is 2. The van der Waals surface area contributed by atoms with E-state index >= 15 is 0 Å². The van der Waals surface area contributed by atoms with Crippen molar-refractivity contribution in [2.45, 2.75) is 19.4 Å². The van der Waals surface area contributed by atoms with Gasteiger partial charge in [0.2, 0.25) is 5.88 Å². The van der Waals surface area contributed by atoms with Crippen molar-refractivity contribution in [2.75, 3.05) is 14.2 Å². The molecule has 1 unspecified atom stereocenters. The first-order chi connectivity index (χ1) is 15.5. The summed E-state index contributed by atoms with van der Waals surface area (Å²) in [6, 6.07) is 12.8. The first kappa shape index (κ1) is 21.0. The fourth-order valence-electron chi connectivity index (χ4n) is 3.92. The molecule has 1 aliphatic rings. The van der Waals surface area contributed by atoms with Crippen LogP contribution in [0.3, 0.4) is 0 Å². The minimum absolute atomic E-state index is 0.0337. The molecule has 0 spiro atoms. The molecule has 1 aliphatic heterocycles. The molecule has 3 heterocycles. The SMILES string of the molecule is COc1ccc(C2C(C#N)=C(N)Oc3cc(C)n(Cc4ccncc4)c(=O)c32)c(OC)c1. The van der Waals surface area contributed by atoms with Gasteiger partial charge in [-0.05, 0) is 30.7 Å². The Morgan fingerprint density at radius 3 is 2.59 bits per heavy atom. The zero-order valence-corrected chi connectivity index (χ0v) is 18.0. The van der Waals surface area contributed by atoms with Crippen LogP contribution < -0.4 is 25.5 Å². The molecule has 1 atom stereocenters. The lowest BCUT2D eigenvalue weighted by atomic mass is 9.83. The molecule has 162 valence electrons. The number of rotatable bonds is 5. The largest absolute Gasteiger partial charge is 0.497 e. The molecule has 8 nitrogen and oxygen atoms in total. The number of pyridine rings is 2. The highest BCUT2D eigenvalue weighted by Crippen LogP contribution is 2.44. The Morgan fingerprint density at radius 1 is 1.19 bits per heavy atom. The van der Waals surface area contributed by atoms with Crippen molar-refractivity contribution in [3.63, 3.8) is 0 Å². The minimum Gasteiger partial charge on any atom is -0.497 e. The first-order valence-corrected chi connectivity index (χ1v) is 9.91. The van der Waals surface area contributed by atoms with Crippen LogP contribution in [0.1, 0.15) is 28.3 Å². The van der Waals surface area contributed by atoms with Crippen LogP contribution in [0.2, 0.25) is 0 Å². The summed E-state index contributed by atoms with van der Waals surface area (Å²) in [6.45, 7) is 2.18. The quantitative estimate of drug-likeness (QED) is 0.662. The molecule has 8 heteroatoms. The van der Waals surface area contributed by atoms with E-state index in [-0.39, 0.29) is 17.0 Å². The number of methoxy groups -OCH3 is 2. The van der Waals surface area contributed by atoms with Crippen molar-refractivity contribution in [2.24, 2.45) is 5.73 Å². The highest BCUT2D eigenvalue weighted by atomic mass is 16.5. The molecule has 0 aliphatic carbocycles. The number of nitriles is 1. The summed E-state index contributed by atoms with van der Waals surface area (Å²) in [6.07, 6.45) is 3.36. The third-order valence-electron chi connectivity index (χ3n) is 5.53. The fourth-order valence-corrected chi connectivity index (χ4v) is 3.92. The number of aryl methyl sites for hydroxylation is 1. The van der Waals surface area contributed by atoms with Gasteiger partial charge in [-0.3, -0.25) is 9.78 Å². The van der Waals surface area contributed by atoms with E-state index in [1.165, 1.54) is 7.11 Å². The van der Waals surface area contributed by atoms with Crippen LogP contribution in [0.4, 0.5) is 0 Å². The van der Waals surface area contributed by atoms with Gasteiger partial charge >= 0.3 is 0 Å². The predicted octanol–water partition coefficient (Wildman–Crippen LogP) is 2.84. The first-order valence-electron chi connectivity index (χ1n) is 9.91. The molecule has 0 saturated heterocycles. The summed E-state index contributed by atoms with van der Waals surface area (Å²) < 4.78 is 18.2. The summed E-state index contributed by atoms with van der Waals surface area (Å²) in [5.41, 5.74) is 8.57. The molecule has 0 radical (unpaired) electrons. The molecular weight excluding hydrogens is 408 g/mol. The number of hydrogen-bond acceptors (Lipinski definition) is 7. The zero-order chi connectivity index (χ0) is 22.8. The average molecular weight is 430 g/mol. The Labute approximate surface area is 185 Å². The second kappa shape index (κ2) is 8.47. The number of nitrogens with two attached hydrogens (primary N) is 1. The van der Waals surface area contributed by atoms with Crippen LogP contribution in [0, 0.1) is 18.3 Å². The van der Waals surface area contributed by atoms with Crippen LogP contribution >= 0.6 is 0 Å². The summed E-state index contributed by atoms with van der Waals surface area (Å²) in [4.78, 5) is 17.8. The summed E-state index contributed by atoms with van der Waals surface area (Å²) >= 11 is 0. The van der Waals surface area contributed by atoms with Crippen LogP contribution in [-0.4, -0.2) is 23.8 Å². The Kier molecular flexibility index (Phi) is 5.56. The Bertz CT molecular complexity index is 1310. The molecule has 1 aromatic carbocycles. The van der Waals surface area contributed by atoms with E-state index in [4.69, 9.17) is 19.9 Å². The van der Waals surface area contributed by atoms with Crippen LogP contribution in [0.15, 0.2) is 65.0 Å². The molecule has 2 aromatic heterocycles. The molecular formula is C24H22N4O4. The van der Waals surface area contributed by atoms with E-state index in [0.29, 0.717) is 40.6 Å². The lowest BCUT2D eigenvalue weighted by molar-refractivity contribution is 0.378. The van der Waals surface area contributed by atoms with Crippen molar-refractivity contribution in [3.8, 4) is 23.3 Å². The van der Waals surface area contributed by atoms with E-state index in [1.54, 1.807) is 48.3 Å². The zero-order valence-electron chi connectivity index (χ0n) is 18.0. The number of hydrogen-bond donors (Lipinski definition) is 1. The van der Waals surface area contributed by atoms with Gasteiger partial charge in [0.25, 0.3) is 5.56 Å². The standard InChI is InChI=1S/C24H22N4O4/c1-14-10-20-22(24(29)28(14)13-15-6-8-27-9-7-15)21(18(12-25)23(26)32-20)17-5-4-16(30-2)11-19(17)31-3/h4-11,21H,13,26H2,1-3H3. The Balaban J connectivity index is 1.96. The van der Waals surface area contributed by atoms with Crippen molar-refractivity contribution in [3.05, 3.63) is 93.0 Å². The second-order valence-corrected chi connectivity index (χ2v) is 7.34. The van der Waals surface area contributed by atoms with E-state index in [1.807, 2.05) is 19.1 Å². The molecule has 0 bridgehead atoms.